The third-order valence-electron chi connectivity index (χ3n) is 4.06. The highest BCUT2D eigenvalue weighted by atomic mass is 32.2. The summed E-state index contributed by atoms with van der Waals surface area (Å²) in [5, 5.41) is 6.64. The number of sulfone groups is 1. The number of pyridine rings is 1. The number of hydrogen-bond acceptors (Lipinski definition) is 5. The van der Waals surface area contributed by atoms with Crippen molar-refractivity contribution in [3.63, 3.8) is 0 Å². The van der Waals surface area contributed by atoms with Crippen LogP contribution >= 0.6 is 0 Å². The summed E-state index contributed by atoms with van der Waals surface area (Å²) in [5.74, 6) is 0.000921. The van der Waals surface area contributed by atoms with Crippen LogP contribution in [0.4, 0.5) is 0 Å². The number of nitrogens with zero attached hydrogens (tertiary/aromatic N) is 3. The molecular formula is C15H18N4O3S. The molecule has 1 unspecified atom stereocenters. The summed E-state index contributed by atoms with van der Waals surface area (Å²) in [6.07, 6.45) is 6.89. The van der Waals surface area contributed by atoms with E-state index in [1.807, 2.05) is 6.07 Å². The van der Waals surface area contributed by atoms with Crippen molar-refractivity contribution in [2.24, 2.45) is 0 Å². The molecule has 0 aromatic carbocycles. The highest BCUT2D eigenvalue weighted by Gasteiger charge is 2.31. The lowest BCUT2D eigenvalue weighted by atomic mass is 10.1. The SMILES string of the molecule is CS(=O)(=O)c1cn[nH]c1C1CCN(C(=O)Cc2cccnc2)C1. The maximum Gasteiger partial charge on any atom is 0.227 e. The van der Waals surface area contributed by atoms with Gasteiger partial charge >= 0.3 is 0 Å². The van der Waals surface area contributed by atoms with Gasteiger partial charge in [-0.3, -0.25) is 14.9 Å². The average Bonchev–Trinajstić information content (AvgIpc) is 3.16. The van der Waals surface area contributed by atoms with Crippen LogP contribution in [0, 0.1) is 0 Å². The first-order valence-electron chi connectivity index (χ1n) is 7.35. The molecule has 3 rings (SSSR count). The number of rotatable bonds is 4. The number of nitrogens with one attached hydrogen (secondary N) is 1. The summed E-state index contributed by atoms with van der Waals surface area (Å²) in [7, 11) is -3.32. The first-order chi connectivity index (χ1) is 10.9. The molecule has 7 nitrogen and oxygen atoms in total. The molecule has 0 bridgehead atoms. The van der Waals surface area contributed by atoms with Crippen LogP contribution in [-0.4, -0.2) is 53.8 Å². The van der Waals surface area contributed by atoms with Gasteiger partial charge in [0.1, 0.15) is 4.90 Å². The minimum absolute atomic E-state index is 0.0277. The van der Waals surface area contributed by atoms with Crippen LogP contribution in [0.2, 0.25) is 0 Å². The number of H-pyrrole nitrogens is 1. The third-order valence-corrected chi connectivity index (χ3v) is 5.18. The van der Waals surface area contributed by atoms with Gasteiger partial charge < -0.3 is 4.90 Å². The van der Waals surface area contributed by atoms with Crippen molar-refractivity contribution >= 4 is 15.7 Å². The van der Waals surface area contributed by atoms with Crippen LogP contribution in [0.3, 0.4) is 0 Å². The Morgan fingerprint density at radius 3 is 2.96 bits per heavy atom. The Morgan fingerprint density at radius 1 is 1.43 bits per heavy atom. The molecule has 1 fully saturated rings. The quantitative estimate of drug-likeness (QED) is 0.891. The number of hydrogen-bond donors (Lipinski definition) is 1. The van der Waals surface area contributed by atoms with Crippen LogP contribution < -0.4 is 0 Å². The summed E-state index contributed by atoms with van der Waals surface area (Å²) in [6, 6.07) is 3.67. The summed E-state index contributed by atoms with van der Waals surface area (Å²) in [4.78, 5) is 18.4. The minimum atomic E-state index is -3.32. The van der Waals surface area contributed by atoms with Gasteiger partial charge in [0.25, 0.3) is 0 Å². The van der Waals surface area contributed by atoms with Gasteiger partial charge in [-0.2, -0.15) is 5.10 Å². The van der Waals surface area contributed by atoms with E-state index in [2.05, 4.69) is 15.2 Å². The van der Waals surface area contributed by atoms with Crippen LogP contribution in [0.5, 0.6) is 0 Å². The van der Waals surface area contributed by atoms with E-state index in [4.69, 9.17) is 0 Å². The molecule has 1 aliphatic rings. The van der Waals surface area contributed by atoms with Gasteiger partial charge in [0.05, 0.1) is 18.3 Å². The molecule has 23 heavy (non-hydrogen) atoms. The zero-order chi connectivity index (χ0) is 16.4. The zero-order valence-electron chi connectivity index (χ0n) is 12.8. The van der Waals surface area contributed by atoms with E-state index < -0.39 is 9.84 Å². The Bertz CT molecular complexity index is 801. The van der Waals surface area contributed by atoms with Crippen LogP contribution in [0.15, 0.2) is 35.6 Å². The van der Waals surface area contributed by atoms with E-state index in [0.717, 1.165) is 12.0 Å². The lowest BCUT2D eigenvalue weighted by Crippen LogP contribution is -2.30. The predicted molar refractivity (Wildman–Crippen MR) is 83.6 cm³/mol. The summed E-state index contributed by atoms with van der Waals surface area (Å²) in [5.41, 5.74) is 1.48. The van der Waals surface area contributed by atoms with Gasteiger partial charge in [-0.05, 0) is 18.1 Å². The molecular weight excluding hydrogens is 316 g/mol. The second kappa shape index (κ2) is 6.11. The smallest absolute Gasteiger partial charge is 0.227 e. The van der Waals surface area contributed by atoms with Crippen molar-refractivity contribution in [1.29, 1.82) is 0 Å². The number of amides is 1. The summed E-state index contributed by atoms with van der Waals surface area (Å²) in [6.45, 7) is 1.12. The van der Waals surface area contributed by atoms with Gasteiger partial charge in [-0.25, -0.2) is 8.42 Å². The number of carbonyl (C=O) groups is 1. The van der Waals surface area contributed by atoms with E-state index in [0.29, 0.717) is 25.2 Å². The van der Waals surface area contributed by atoms with Gasteiger partial charge in [-0.15, -0.1) is 0 Å². The third kappa shape index (κ3) is 3.42. The maximum absolute atomic E-state index is 12.4. The Balaban J connectivity index is 1.69. The first-order valence-corrected chi connectivity index (χ1v) is 9.24. The molecule has 0 aliphatic carbocycles. The molecule has 1 amide bonds. The fourth-order valence-electron chi connectivity index (χ4n) is 2.88. The molecule has 2 aromatic heterocycles. The van der Waals surface area contributed by atoms with E-state index in [9.17, 15) is 13.2 Å². The van der Waals surface area contributed by atoms with Crippen molar-refractivity contribution in [1.82, 2.24) is 20.1 Å². The summed E-state index contributed by atoms with van der Waals surface area (Å²) >= 11 is 0. The predicted octanol–water partition coefficient (Wildman–Crippen LogP) is 0.767. The Morgan fingerprint density at radius 2 is 2.26 bits per heavy atom. The Labute approximate surface area is 134 Å². The highest BCUT2D eigenvalue weighted by Crippen LogP contribution is 2.30. The van der Waals surface area contributed by atoms with Gasteiger partial charge in [0.15, 0.2) is 9.84 Å². The molecule has 0 radical (unpaired) electrons. The second-order valence-electron chi connectivity index (χ2n) is 5.78. The highest BCUT2D eigenvalue weighted by molar-refractivity contribution is 7.90. The molecule has 0 spiro atoms. The molecule has 1 atom stereocenters. The average molecular weight is 334 g/mol. The monoisotopic (exact) mass is 334 g/mol. The van der Waals surface area contributed by atoms with E-state index in [1.54, 1.807) is 23.4 Å². The molecule has 1 saturated heterocycles. The number of aromatic amines is 1. The molecule has 8 heteroatoms. The summed E-state index contributed by atoms with van der Waals surface area (Å²) < 4.78 is 23.6. The second-order valence-corrected chi connectivity index (χ2v) is 7.77. The largest absolute Gasteiger partial charge is 0.342 e. The van der Waals surface area contributed by atoms with Crippen LogP contribution in [-0.2, 0) is 21.1 Å². The normalized spacial score (nSPS) is 18.3. The van der Waals surface area contributed by atoms with Gasteiger partial charge in [-0.1, -0.05) is 6.07 Å². The molecule has 0 saturated carbocycles. The van der Waals surface area contributed by atoms with Crippen molar-refractivity contribution in [2.45, 2.75) is 23.7 Å². The topological polar surface area (TPSA) is 96.0 Å². The zero-order valence-corrected chi connectivity index (χ0v) is 13.6. The lowest BCUT2D eigenvalue weighted by molar-refractivity contribution is -0.129. The maximum atomic E-state index is 12.4. The van der Waals surface area contributed by atoms with E-state index >= 15 is 0 Å². The Kier molecular flexibility index (Phi) is 4.16. The van der Waals surface area contributed by atoms with Crippen molar-refractivity contribution in [2.75, 3.05) is 19.3 Å². The number of aromatic nitrogens is 3. The van der Waals surface area contributed by atoms with Crippen molar-refractivity contribution in [3.8, 4) is 0 Å². The standard InChI is InChI=1S/C15H18N4O3S/c1-23(21,22)13-9-17-18-15(13)12-4-6-19(10-12)14(20)7-11-3-2-5-16-8-11/h2-3,5,8-9,12H,4,6-7,10H2,1H3,(H,17,18). The molecule has 1 aliphatic heterocycles. The van der Waals surface area contributed by atoms with E-state index in [1.165, 1.54) is 12.5 Å². The molecule has 122 valence electrons. The fourth-order valence-corrected chi connectivity index (χ4v) is 3.74. The van der Waals surface area contributed by atoms with Crippen molar-refractivity contribution in [3.05, 3.63) is 42.0 Å². The molecule has 1 N–H and O–H groups in total. The van der Waals surface area contributed by atoms with Crippen LogP contribution in [0.25, 0.3) is 0 Å². The van der Waals surface area contributed by atoms with E-state index in [-0.39, 0.29) is 16.7 Å². The Hall–Kier alpha value is -2.22. The first kappa shape index (κ1) is 15.7. The number of carbonyl (C=O) groups excluding carboxylic acids is 1. The van der Waals surface area contributed by atoms with Gasteiger partial charge in [0, 0.05) is 37.7 Å². The van der Waals surface area contributed by atoms with Crippen LogP contribution in [0.1, 0.15) is 23.6 Å². The fraction of sp³-hybridized carbons (Fsp3) is 0.400. The van der Waals surface area contributed by atoms with Crippen molar-refractivity contribution < 1.29 is 13.2 Å². The molecule has 2 aromatic rings. The number of likely N-dealkylation sites (tertiary alicyclic amines) is 1. The van der Waals surface area contributed by atoms with Gasteiger partial charge in [0.2, 0.25) is 5.91 Å². The minimum Gasteiger partial charge on any atom is -0.342 e. The molecule has 3 heterocycles. The lowest BCUT2D eigenvalue weighted by Gasteiger charge is -2.16.